The Morgan fingerprint density at radius 2 is 1.87 bits per heavy atom. The normalized spacial score (nSPS) is 13.7. The summed E-state index contributed by atoms with van der Waals surface area (Å²) < 4.78 is 30.2. The smallest absolute Gasteiger partial charge is 0.267 e. The van der Waals surface area contributed by atoms with Gasteiger partial charge in [0.05, 0.1) is 5.25 Å². The van der Waals surface area contributed by atoms with Gasteiger partial charge in [0.1, 0.15) is 0 Å². The first kappa shape index (κ1) is 12.2. The molecule has 1 rings (SSSR count). The summed E-state index contributed by atoms with van der Waals surface area (Å²) in [6.45, 7) is 1.53. The van der Waals surface area contributed by atoms with Crippen molar-refractivity contribution in [3.8, 4) is 0 Å². The standard InChI is InChI=1S/C11H16O3S/c1-10(15(12,13)14)6-5-9-11-7-3-2-4-8-11/h2-4,7-8,10H,5-6,9H2,1H3,(H,12,13,14). The Bertz CT molecular complexity index is 384. The zero-order chi connectivity index (χ0) is 11.3. The highest BCUT2D eigenvalue weighted by molar-refractivity contribution is 7.86. The lowest BCUT2D eigenvalue weighted by Gasteiger charge is -2.07. The molecule has 1 aromatic carbocycles. The van der Waals surface area contributed by atoms with Crippen molar-refractivity contribution in [3.63, 3.8) is 0 Å². The van der Waals surface area contributed by atoms with Crippen LogP contribution >= 0.6 is 0 Å². The van der Waals surface area contributed by atoms with E-state index < -0.39 is 15.4 Å². The molecule has 0 aliphatic heterocycles. The van der Waals surface area contributed by atoms with Crippen molar-refractivity contribution in [1.29, 1.82) is 0 Å². The Labute approximate surface area is 90.9 Å². The van der Waals surface area contributed by atoms with Gasteiger partial charge in [-0.1, -0.05) is 30.3 Å². The molecule has 15 heavy (non-hydrogen) atoms. The summed E-state index contributed by atoms with van der Waals surface area (Å²) >= 11 is 0. The SMILES string of the molecule is CC(CCCc1ccccc1)S(=O)(=O)O. The molecular formula is C11H16O3S. The molecule has 0 bridgehead atoms. The molecule has 0 saturated heterocycles. The number of benzene rings is 1. The van der Waals surface area contributed by atoms with Crippen LogP contribution in [0.3, 0.4) is 0 Å². The summed E-state index contributed by atoms with van der Waals surface area (Å²) in [5.74, 6) is 0. The Hall–Kier alpha value is -0.870. The second-order valence-corrected chi connectivity index (χ2v) is 5.54. The highest BCUT2D eigenvalue weighted by Crippen LogP contribution is 2.10. The Morgan fingerprint density at radius 1 is 1.27 bits per heavy atom. The van der Waals surface area contributed by atoms with Crippen LogP contribution < -0.4 is 0 Å². The maximum Gasteiger partial charge on any atom is 0.267 e. The number of hydrogen-bond acceptors (Lipinski definition) is 2. The average Bonchev–Trinajstić information content (AvgIpc) is 2.18. The van der Waals surface area contributed by atoms with Crippen LogP contribution in [-0.4, -0.2) is 18.2 Å². The van der Waals surface area contributed by atoms with Gasteiger partial charge < -0.3 is 0 Å². The fourth-order valence-corrected chi connectivity index (χ4v) is 1.85. The van der Waals surface area contributed by atoms with Gasteiger partial charge >= 0.3 is 0 Å². The lowest BCUT2D eigenvalue weighted by Crippen LogP contribution is -2.16. The summed E-state index contributed by atoms with van der Waals surface area (Å²) in [6, 6.07) is 9.89. The van der Waals surface area contributed by atoms with Gasteiger partial charge in [0.2, 0.25) is 0 Å². The van der Waals surface area contributed by atoms with Crippen molar-refractivity contribution in [2.45, 2.75) is 31.4 Å². The van der Waals surface area contributed by atoms with E-state index in [1.165, 1.54) is 12.5 Å². The highest BCUT2D eigenvalue weighted by Gasteiger charge is 2.16. The molecule has 3 nitrogen and oxygen atoms in total. The third-order valence-electron chi connectivity index (χ3n) is 2.43. The van der Waals surface area contributed by atoms with Crippen molar-refractivity contribution >= 4 is 10.1 Å². The lowest BCUT2D eigenvalue weighted by atomic mass is 10.1. The second kappa shape index (κ2) is 5.28. The minimum atomic E-state index is -3.86. The van der Waals surface area contributed by atoms with Crippen molar-refractivity contribution in [3.05, 3.63) is 35.9 Å². The van der Waals surface area contributed by atoms with Crippen LogP contribution in [0.4, 0.5) is 0 Å². The number of aryl methyl sites for hydroxylation is 1. The van der Waals surface area contributed by atoms with E-state index in [1.54, 1.807) is 0 Å². The van der Waals surface area contributed by atoms with Gasteiger partial charge in [-0.15, -0.1) is 0 Å². The fraction of sp³-hybridized carbons (Fsp3) is 0.455. The van der Waals surface area contributed by atoms with Crippen LogP contribution in [0, 0.1) is 0 Å². The third kappa shape index (κ3) is 4.44. The molecule has 0 fully saturated rings. The fourth-order valence-electron chi connectivity index (χ4n) is 1.39. The predicted octanol–water partition coefficient (Wildman–Crippen LogP) is 2.29. The van der Waals surface area contributed by atoms with Crippen LogP contribution in [0.1, 0.15) is 25.3 Å². The summed E-state index contributed by atoms with van der Waals surface area (Å²) in [7, 11) is -3.86. The summed E-state index contributed by atoms with van der Waals surface area (Å²) in [4.78, 5) is 0. The van der Waals surface area contributed by atoms with Crippen LogP contribution in [0.15, 0.2) is 30.3 Å². The summed E-state index contributed by atoms with van der Waals surface area (Å²) in [5.41, 5.74) is 1.19. The first-order valence-electron chi connectivity index (χ1n) is 5.00. The van der Waals surface area contributed by atoms with E-state index in [1.807, 2.05) is 30.3 Å². The van der Waals surface area contributed by atoms with Crippen LogP contribution in [0.5, 0.6) is 0 Å². The maximum absolute atomic E-state index is 10.7. The average molecular weight is 228 g/mol. The third-order valence-corrected chi connectivity index (χ3v) is 3.68. The molecule has 0 aliphatic rings. The van der Waals surface area contributed by atoms with Crippen LogP contribution in [-0.2, 0) is 16.5 Å². The van der Waals surface area contributed by atoms with E-state index in [4.69, 9.17) is 4.55 Å². The minimum Gasteiger partial charge on any atom is -0.285 e. The Balaban J connectivity index is 2.35. The first-order chi connectivity index (χ1) is 7.00. The molecule has 0 heterocycles. The van der Waals surface area contributed by atoms with Gasteiger partial charge in [0.15, 0.2) is 0 Å². The Kier molecular flexibility index (Phi) is 4.29. The predicted molar refractivity (Wildman–Crippen MR) is 60.4 cm³/mol. The van der Waals surface area contributed by atoms with Gasteiger partial charge in [0, 0.05) is 0 Å². The van der Waals surface area contributed by atoms with Gasteiger partial charge in [-0.3, -0.25) is 4.55 Å². The molecule has 84 valence electrons. The minimum absolute atomic E-state index is 0.494. The van der Waals surface area contributed by atoms with E-state index in [2.05, 4.69) is 0 Å². The summed E-state index contributed by atoms with van der Waals surface area (Å²) in [6.07, 6.45) is 2.11. The quantitative estimate of drug-likeness (QED) is 0.787. The van der Waals surface area contributed by atoms with E-state index in [0.29, 0.717) is 6.42 Å². The first-order valence-corrected chi connectivity index (χ1v) is 6.50. The number of rotatable bonds is 5. The van der Waals surface area contributed by atoms with Crippen LogP contribution in [0.2, 0.25) is 0 Å². The van der Waals surface area contributed by atoms with E-state index in [9.17, 15) is 8.42 Å². The molecule has 0 spiro atoms. The van der Waals surface area contributed by atoms with Crippen molar-refractivity contribution < 1.29 is 13.0 Å². The zero-order valence-electron chi connectivity index (χ0n) is 8.76. The van der Waals surface area contributed by atoms with Gasteiger partial charge in [0.25, 0.3) is 10.1 Å². The van der Waals surface area contributed by atoms with E-state index >= 15 is 0 Å². The monoisotopic (exact) mass is 228 g/mol. The highest BCUT2D eigenvalue weighted by atomic mass is 32.2. The van der Waals surface area contributed by atoms with E-state index in [-0.39, 0.29) is 0 Å². The molecule has 1 N–H and O–H groups in total. The molecule has 1 aromatic rings. The molecule has 4 heteroatoms. The molecule has 1 atom stereocenters. The van der Waals surface area contributed by atoms with Gasteiger partial charge in [-0.05, 0) is 31.7 Å². The maximum atomic E-state index is 10.7. The van der Waals surface area contributed by atoms with E-state index in [0.717, 1.165) is 12.8 Å². The van der Waals surface area contributed by atoms with Crippen molar-refractivity contribution in [2.75, 3.05) is 0 Å². The zero-order valence-corrected chi connectivity index (χ0v) is 9.57. The molecule has 0 amide bonds. The number of hydrogen-bond donors (Lipinski definition) is 1. The Morgan fingerprint density at radius 3 is 2.40 bits per heavy atom. The largest absolute Gasteiger partial charge is 0.285 e. The van der Waals surface area contributed by atoms with Crippen molar-refractivity contribution in [1.82, 2.24) is 0 Å². The molecule has 0 radical (unpaired) electrons. The molecule has 0 aromatic heterocycles. The van der Waals surface area contributed by atoms with Crippen molar-refractivity contribution in [2.24, 2.45) is 0 Å². The molecule has 0 aliphatic carbocycles. The van der Waals surface area contributed by atoms with Gasteiger partial charge in [-0.25, -0.2) is 0 Å². The molecular weight excluding hydrogens is 212 g/mol. The van der Waals surface area contributed by atoms with Crippen LogP contribution in [0.25, 0.3) is 0 Å². The summed E-state index contributed by atoms with van der Waals surface area (Å²) in [5, 5.41) is -0.666. The topological polar surface area (TPSA) is 54.4 Å². The lowest BCUT2D eigenvalue weighted by molar-refractivity contribution is 0.464. The van der Waals surface area contributed by atoms with Gasteiger partial charge in [-0.2, -0.15) is 8.42 Å². The second-order valence-electron chi connectivity index (χ2n) is 3.70. The molecule has 0 saturated carbocycles. The molecule has 1 unspecified atom stereocenters.